The van der Waals surface area contributed by atoms with E-state index < -0.39 is 46.2 Å². The molecule has 1 aromatic heterocycles. The van der Waals surface area contributed by atoms with Gasteiger partial charge in [0, 0.05) is 12.0 Å². The van der Waals surface area contributed by atoms with Gasteiger partial charge >= 0.3 is 12.7 Å². The molecule has 7 nitrogen and oxygen atoms in total. The Morgan fingerprint density at radius 2 is 1.31 bits per heavy atom. The molecule has 0 spiro atoms. The van der Waals surface area contributed by atoms with E-state index in [-0.39, 0.29) is 33.9 Å². The molecule has 0 bridgehead atoms. The van der Waals surface area contributed by atoms with Crippen molar-refractivity contribution in [3.05, 3.63) is 107 Å². The molecular weight excluding hydrogens is 590 g/mol. The summed E-state index contributed by atoms with van der Waals surface area (Å²) in [5, 5.41) is 3.66. The van der Waals surface area contributed by atoms with E-state index >= 15 is 0 Å². The van der Waals surface area contributed by atoms with E-state index in [0.29, 0.717) is 5.56 Å². The van der Waals surface area contributed by atoms with Crippen molar-refractivity contribution < 1.29 is 48.8 Å². The molecule has 0 saturated carbocycles. The molecule has 0 saturated heterocycles. The van der Waals surface area contributed by atoms with Crippen LogP contribution in [0, 0.1) is 13.8 Å². The Kier molecular flexibility index (Phi) is 8.60. The average molecular weight is 615 g/mol. The highest BCUT2D eigenvalue weighted by molar-refractivity contribution is 7.89. The molecule has 14 heteroatoms. The fourth-order valence-electron chi connectivity index (χ4n) is 4.71. The molecule has 0 aliphatic rings. The van der Waals surface area contributed by atoms with Gasteiger partial charge in [-0.2, -0.15) is 0 Å². The molecule has 4 rings (SSSR count). The van der Waals surface area contributed by atoms with Crippen molar-refractivity contribution in [1.29, 1.82) is 0 Å². The van der Waals surface area contributed by atoms with Crippen LogP contribution >= 0.6 is 0 Å². The average Bonchev–Trinajstić information content (AvgIpc) is 3.24. The maximum Gasteiger partial charge on any atom is 0.573 e. The molecule has 1 heterocycles. The summed E-state index contributed by atoms with van der Waals surface area (Å²) in [6.07, 6.45) is -10.1. The first kappa shape index (κ1) is 30.9. The summed E-state index contributed by atoms with van der Waals surface area (Å²) >= 11 is 0. The monoisotopic (exact) mass is 614 g/mol. The van der Waals surface area contributed by atoms with Gasteiger partial charge in [0.15, 0.2) is 5.76 Å². The number of aromatic nitrogens is 1. The Hall–Kier alpha value is -4.04. The van der Waals surface area contributed by atoms with Gasteiger partial charge in [-0.3, -0.25) is 0 Å². The van der Waals surface area contributed by atoms with E-state index in [1.807, 2.05) is 0 Å². The van der Waals surface area contributed by atoms with Gasteiger partial charge in [0.1, 0.15) is 22.1 Å². The number of ether oxygens (including phenoxy) is 2. The van der Waals surface area contributed by atoms with Crippen LogP contribution in [0.3, 0.4) is 0 Å². The fraction of sp³-hybridized carbons (Fsp3) is 0.250. The highest BCUT2D eigenvalue weighted by Crippen LogP contribution is 2.40. The third kappa shape index (κ3) is 7.42. The summed E-state index contributed by atoms with van der Waals surface area (Å²) in [7, 11) is -4.33. The van der Waals surface area contributed by atoms with Crippen LogP contribution < -0.4 is 14.2 Å². The number of sulfonamides is 1. The van der Waals surface area contributed by atoms with E-state index in [1.54, 1.807) is 30.3 Å². The molecule has 0 amide bonds. The second-order valence-electron chi connectivity index (χ2n) is 9.37. The molecule has 0 aliphatic heterocycles. The summed E-state index contributed by atoms with van der Waals surface area (Å²) in [6.45, 7) is 2.30. The molecule has 4 aromatic rings. The van der Waals surface area contributed by atoms with Gasteiger partial charge in [-0.15, -0.1) is 26.3 Å². The van der Waals surface area contributed by atoms with Crippen molar-refractivity contribution in [2.24, 2.45) is 0 Å². The minimum atomic E-state index is -5.04. The minimum absolute atomic E-state index is 0.00481. The predicted molar refractivity (Wildman–Crippen MR) is 138 cm³/mol. The summed E-state index contributed by atoms with van der Waals surface area (Å²) in [4.78, 5) is -0.237. The van der Waals surface area contributed by atoms with Gasteiger partial charge in [0.25, 0.3) is 0 Å². The molecule has 42 heavy (non-hydrogen) atoms. The molecule has 224 valence electrons. The SMILES string of the molecule is Cc1noc(C)c1S(=O)(=O)NCC(Cc1ccccc1)(c1cccc(OC(F)(F)F)c1)c1cccc(OC(F)(F)F)c1. The maximum absolute atomic E-state index is 13.4. The number of hydrogen-bond acceptors (Lipinski definition) is 6. The van der Waals surface area contributed by atoms with E-state index in [0.717, 1.165) is 24.3 Å². The Bertz CT molecular complexity index is 1560. The first-order valence-electron chi connectivity index (χ1n) is 12.3. The van der Waals surface area contributed by atoms with Crippen molar-refractivity contribution >= 4 is 10.0 Å². The zero-order chi connectivity index (χ0) is 30.8. The fourth-order valence-corrected chi connectivity index (χ4v) is 6.13. The van der Waals surface area contributed by atoms with Gasteiger partial charge in [0.05, 0.1) is 0 Å². The third-order valence-electron chi connectivity index (χ3n) is 6.39. The standard InChI is InChI=1S/C28H24F6N2O5S/c1-18-25(19(2)41-36-18)42(37,38)35-17-26(16-20-8-4-3-5-9-20,21-10-6-12-23(14-21)39-27(29,30)31)22-11-7-13-24(15-22)40-28(32,33)34/h3-15,35H,16-17H2,1-2H3. The van der Waals surface area contributed by atoms with E-state index in [9.17, 15) is 34.8 Å². The lowest BCUT2D eigenvalue weighted by molar-refractivity contribution is -0.275. The molecule has 0 atom stereocenters. The van der Waals surface area contributed by atoms with Crippen LogP contribution in [0.1, 0.15) is 28.1 Å². The summed E-state index contributed by atoms with van der Waals surface area (Å²) in [5.74, 6) is -1.21. The zero-order valence-corrected chi connectivity index (χ0v) is 22.9. The largest absolute Gasteiger partial charge is 0.573 e. The molecule has 0 aliphatic carbocycles. The number of nitrogens with one attached hydrogen (secondary N) is 1. The molecule has 1 N–H and O–H groups in total. The Labute approximate surface area is 237 Å². The Morgan fingerprint density at radius 1 is 0.786 bits per heavy atom. The van der Waals surface area contributed by atoms with Crippen LogP contribution in [0.5, 0.6) is 11.5 Å². The van der Waals surface area contributed by atoms with E-state index in [4.69, 9.17) is 4.52 Å². The number of aryl methyl sites for hydroxylation is 2. The second-order valence-corrected chi connectivity index (χ2v) is 11.1. The van der Waals surface area contributed by atoms with Gasteiger partial charge in [0.2, 0.25) is 10.0 Å². The summed E-state index contributed by atoms with van der Waals surface area (Å²) < 4.78 is 121. The van der Waals surface area contributed by atoms with Crippen molar-refractivity contribution in [2.75, 3.05) is 6.54 Å². The summed E-state index contributed by atoms with van der Waals surface area (Å²) in [5.41, 5.74) is -0.658. The first-order chi connectivity index (χ1) is 19.6. The lowest BCUT2D eigenvalue weighted by atomic mass is 9.70. The number of alkyl halides is 6. The molecule has 0 fully saturated rings. The number of hydrogen-bond donors (Lipinski definition) is 1. The molecule has 3 aromatic carbocycles. The Morgan fingerprint density at radius 3 is 1.76 bits per heavy atom. The van der Waals surface area contributed by atoms with Gasteiger partial charge in [-0.1, -0.05) is 59.8 Å². The van der Waals surface area contributed by atoms with Crippen LogP contribution in [-0.4, -0.2) is 32.8 Å². The zero-order valence-electron chi connectivity index (χ0n) is 22.1. The molecular formula is C28H24F6N2O5S. The van der Waals surface area contributed by atoms with Crippen molar-refractivity contribution in [3.63, 3.8) is 0 Å². The van der Waals surface area contributed by atoms with Crippen LogP contribution in [0.25, 0.3) is 0 Å². The Balaban J connectivity index is 1.93. The van der Waals surface area contributed by atoms with Crippen LogP contribution in [0.4, 0.5) is 26.3 Å². The van der Waals surface area contributed by atoms with Crippen molar-refractivity contribution in [1.82, 2.24) is 9.88 Å². The van der Waals surface area contributed by atoms with Crippen LogP contribution in [0.15, 0.2) is 88.3 Å². The number of nitrogens with zero attached hydrogens (tertiary/aromatic N) is 1. The number of halogens is 6. The normalized spacial score (nSPS) is 12.8. The predicted octanol–water partition coefficient (Wildman–Crippen LogP) is 6.60. The smallest absolute Gasteiger partial charge is 0.406 e. The number of rotatable bonds is 10. The quantitative estimate of drug-likeness (QED) is 0.203. The second kappa shape index (κ2) is 11.7. The highest BCUT2D eigenvalue weighted by Gasteiger charge is 2.39. The summed E-state index contributed by atoms with van der Waals surface area (Å²) in [6, 6.07) is 18.2. The molecule has 0 unspecified atom stereocenters. The van der Waals surface area contributed by atoms with Crippen LogP contribution in [-0.2, 0) is 21.9 Å². The number of benzene rings is 3. The lowest BCUT2D eigenvalue weighted by Crippen LogP contribution is -2.43. The van der Waals surface area contributed by atoms with E-state index in [1.165, 1.54) is 38.1 Å². The minimum Gasteiger partial charge on any atom is -0.406 e. The highest BCUT2D eigenvalue weighted by atomic mass is 32.2. The van der Waals surface area contributed by atoms with Crippen molar-refractivity contribution in [2.45, 2.75) is 43.3 Å². The third-order valence-corrected chi connectivity index (χ3v) is 8.03. The van der Waals surface area contributed by atoms with Gasteiger partial charge < -0.3 is 14.0 Å². The topological polar surface area (TPSA) is 90.7 Å². The maximum atomic E-state index is 13.4. The van der Waals surface area contributed by atoms with Gasteiger partial charge in [-0.05, 0) is 61.2 Å². The lowest BCUT2D eigenvalue weighted by Gasteiger charge is -2.36. The molecule has 0 radical (unpaired) electrons. The van der Waals surface area contributed by atoms with Crippen molar-refractivity contribution in [3.8, 4) is 11.5 Å². The first-order valence-corrected chi connectivity index (χ1v) is 13.8. The van der Waals surface area contributed by atoms with Gasteiger partial charge in [-0.25, -0.2) is 13.1 Å². The van der Waals surface area contributed by atoms with Crippen LogP contribution in [0.2, 0.25) is 0 Å². The van der Waals surface area contributed by atoms with E-state index in [2.05, 4.69) is 19.4 Å².